The second-order valence-corrected chi connectivity index (χ2v) is 8.85. The average molecular weight is 429 g/mol. The van der Waals surface area contributed by atoms with Crippen molar-refractivity contribution in [2.75, 3.05) is 4.90 Å². The lowest BCUT2D eigenvalue weighted by Gasteiger charge is -2.45. The number of hydrogen-bond donors (Lipinski definition) is 2. The first-order valence-corrected chi connectivity index (χ1v) is 11.1. The summed E-state index contributed by atoms with van der Waals surface area (Å²) in [6.45, 7) is 4.21. The van der Waals surface area contributed by atoms with E-state index in [1.807, 2.05) is 30.3 Å². The summed E-state index contributed by atoms with van der Waals surface area (Å²) in [5, 5.41) is 10.9. The van der Waals surface area contributed by atoms with E-state index in [0.717, 1.165) is 42.5 Å². The standard InChI is InChI=1S/C24H29ClN2O3/c1-3-24(4-2)14-21(18-11-9-16(25)12-22(18)30-24)27(23(26)29)20-7-5-6-15-8-10-17(28)13-19(15)20/h5-7,9,11-12,17,21,28H,3-4,8,10,13-14H2,1-2H3,(H2,26,29)/t17-,21-/m1/s1. The van der Waals surface area contributed by atoms with E-state index in [9.17, 15) is 9.90 Å². The summed E-state index contributed by atoms with van der Waals surface area (Å²) in [5.74, 6) is 0.707. The Hall–Kier alpha value is -2.24. The molecule has 2 aliphatic rings. The van der Waals surface area contributed by atoms with Gasteiger partial charge in [0.25, 0.3) is 0 Å². The molecule has 0 fully saturated rings. The zero-order valence-electron chi connectivity index (χ0n) is 17.5. The summed E-state index contributed by atoms with van der Waals surface area (Å²) in [6, 6.07) is 10.8. The number of aliphatic hydroxyl groups excluding tert-OH is 1. The molecule has 0 bridgehead atoms. The molecule has 3 N–H and O–H groups in total. The van der Waals surface area contributed by atoms with Crippen molar-refractivity contribution in [3.63, 3.8) is 0 Å². The van der Waals surface area contributed by atoms with Gasteiger partial charge in [-0.15, -0.1) is 0 Å². The second kappa shape index (κ2) is 8.12. The fourth-order valence-electron chi connectivity index (χ4n) is 4.94. The minimum atomic E-state index is -0.502. The van der Waals surface area contributed by atoms with E-state index in [4.69, 9.17) is 22.1 Å². The molecule has 1 heterocycles. The molecule has 0 saturated carbocycles. The fraction of sp³-hybridized carbons (Fsp3) is 0.458. The molecule has 0 saturated heterocycles. The Morgan fingerprint density at radius 3 is 2.77 bits per heavy atom. The minimum Gasteiger partial charge on any atom is -0.487 e. The highest BCUT2D eigenvalue weighted by molar-refractivity contribution is 6.30. The zero-order chi connectivity index (χ0) is 21.5. The summed E-state index contributed by atoms with van der Waals surface area (Å²) in [4.78, 5) is 14.6. The van der Waals surface area contributed by atoms with Crippen LogP contribution < -0.4 is 15.4 Å². The summed E-state index contributed by atoms with van der Waals surface area (Å²) in [6.07, 6.45) is 3.92. The number of ether oxygens (including phenoxy) is 1. The van der Waals surface area contributed by atoms with Crippen molar-refractivity contribution in [1.82, 2.24) is 0 Å². The molecule has 6 heteroatoms. The number of nitrogens with zero attached hydrogens (tertiary/aromatic N) is 1. The topological polar surface area (TPSA) is 75.8 Å². The Morgan fingerprint density at radius 1 is 1.30 bits per heavy atom. The van der Waals surface area contributed by atoms with Gasteiger partial charge >= 0.3 is 6.03 Å². The van der Waals surface area contributed by atoms with E-state index in [1.54, 1.807) is 4.90 Å². The number of hydrogen-bond acceptors (Lipinski definition) is 3. The summed E-state index contributed by atoms with van der Waals surface area (Å²) < 4.78 is 6.42. The molecule has 4 rings (SSSR count). The van der Waals surface area contributed by atoms with Gasteiger partial charge in [-0.25, -0.2) is 4.79 Å². The van der Waals surface area contributed by atoms with Crippen LogP contribution in [0.4, 0.5) is 10.5 Å². The number of rotatable bonds is 4. The number of benzene rings is 2. The van der Waals surface area contributed by atoms with E-state index in [2.05, 4.69) is 19.9 Å². The number of carbonyl (C=O) groups excluding carboxylic acids is 1. The quantitative estimate of drug-likeness (QED) is 0.706. The number of fused-ring (bicyclic) bond motifs is 2. The largest absolute Gasteiger partial charge is 0.487 e. The van der Waals surface area contributed by atoms with Gasteiger partial charge in [0.15, 0.2) is 0 Å². The van der Waals surface area contributed by atoms with Gasteiger partial charge in [0.2, 0.25) is 0 Å². The molecule has 0 unspecified atom stereocenters. The number of aryl methyl sites for hydroxylation is 1. The first kappa shape index (κ1) is 21.0. The third-order valence-corrected chi connectivity index (χ3v) is 6.99. The highest BCUT2D eigenvalue weighted by Gasteiger charge is 2.43. The van der Waals surface area contributed by atoms with Gasteiger partial charge < -0.3 is 15.6 Å². The van der Waals surface area contributed by atoms with Crippen LogP contribution >= 0.6 is 11.6 Å². The molecule has 1 aliphatic carbocycles. The number of carbonyl (C=O) groups is 1. The first-order valence-electron chi connectivity index (χ1n) is 10.7. The van der Waals surface area contributed by atoms with Crippen LogP contribution in [0.3, 0.4) is 0 Å². The van der Waals surface area contributed by atoms with Gasteiger partial charge in [-0.3, -0.25) is 4.90 Å². The van der Waals surface area contributed by atoms with Gasteiger partial charge in [0.1, 0.15) is 11.4 Å². The van der Waals surface area contributed by atoms with Gasteiger partial charge in [0, 0.05) is 29.1 Å². The summed E-state index contributed by atoms with van der Waals surface area (Å²) in [7, 11) is 0. The number of primary amides is 1. The number of urea groups is 1. The molecule has 0 aromatic heterocycles. The Morgan fingerprint density at radius 2 is 2.07 bits per heavy atom. The van der Waals surface area contributed by atoms with Crippen molar-refractivity contribution >= 4 is 23.3 Å². The molecule has 0 radical (unpaired) electrons. The number of nitrogens with two attached hydrogens (primary N) is 1. The Kier molecular flexibility index (Phi) is 5.69. The van der Waals surface area contributed by atoms with Crippen LogP contribution in [-0.2, 0) is 12.8 Å². The lowest BCUT2D eigenvalue weighted by atomic mass is 9.82. The number of amides is 2. The van der Waals surface area contributed by atoms with E-state index >= 15 is 0 Å². The van der Waals surface area contributed by atoms with Gasteiger partial charge in [-0.05, 0) is 55.0 Å². The van der Waals surface area contributed by atoms with Crippen LogP contribution in [0, 0.1) is 0 Å². The van der Waals surface area contributed by atoms with Crippen LogP contribution in [0.5, 0.6) is 5.75 Å². The second-order valence-electron chi connectivity index (χ2n) is 8.41. The highest BCUT2D eigenvalue weighted by atomic mass is 35.5. The van der Waals surface area contributed by atoms with Gasteiger partial charge in [0.05, 0.1) is 12.1 Å². The molecular formula is C24H29ClN2O3. The monoisotopic (exact) mass is 428 g/mol. The van der Waals surface area contributed by atoms with Crippen LogP contribution in [0.1, 0.15) is 62.3 Å². The maximum Gasteiger partial charge on any atom is 0.319 e. The molecular weight excluding hydrogens is 400 g/mol. The van der Waals surface area contributed by atoms with E-state index in [1.165, 1.54) is 5.56 Å². The fourth-order valence-corrected chi connectivity index (χ4v) is 5.10. The number of anilines is 1. The molecule has 160 valence electrons. The van der Waals surface area contributed by atoms with E-state index < -0.39 is 17.7 Å². The Labute approximate surface area is 182 Å². The van der Waals surface area contributed by atoms with Crippen LogP contribution in [0.15, 0.2) is 36.4 Å². The summed E-state index contributed by atoms with van der Waals surface area (Å²) in [5.41, 5.74) is 9.46. The van der Waals surface area contributed by atoms with Crippen molar-refractivity contribution < 1.29 is 14.6 Å². The zero-order valence-corrected chi connectivity index (χ0v) is 18.3. The van der Waals surface area contributed by atoms with E-state index in [0.29, 0.717) is 23.6 Å². The maximum absolute atomic E-state index is 12.8. The first-order chi connectivity index (χ1) is 14.4. The molecule has 1 aliphatic heterocycles. The molecule has 30 heavy (non-hydrogen) atoms. The predicted octanol–water partition coefficient (Wildman–Crippen LogP) is 5.16. The lowest BCUT2D eigenvalue weighted by Crippen LogP contribution is -2.48. The highest BCUT2D eigenvalue weighted by Crippen LogP contribution is 2.48. The molecule has 0 spiro atoms. The smallest absolute Gasteiger partial charge is 0.319 e. The van der Waals surface area contributed by atoms with Crippen LogP contribution in [-0.4, -0.2) is 22.8 Å². The molecule has 5 nitrogen and oxygen atoms in total. The maximum atomic E-state index is 12.8. The van der Waals surface area contributed by atoms with Crippen molar-refractivity contribution in [2.24, 2.45) is 5.73 Å². The van der Waals surface area contributed by atoms with Gasteiger partial charge in [-0.2, -0.15) is 0 Å². The van der Waals surface area contributed by atoms with Crippen molar-refractivity contribution in [3.05, 3.63) is 58.1 Å². The normalized spacial score (nSPS) is 21.9. The number of aliphatic hydroxyl groups is 1. The van der Waals surface area contributed by atoms with Crippen molar-refractivity contribution in [3.8, 4) is 5.75 Å². The minimum absolute atomic E-state index is 0.269. The predicted molar refractivity (Wildman–Crippen MR) is 119 cm³/mol. The van der Waals surface area contributed by atoms with E-state index in [-0.39, 0.29) is 6.04 Å². The average Bonchev–Trinajstić information content (AvgIpc) is 2.73. The molecule has 2 aromatic carbocycles. The Bertz CT molecular complexity index is 957. The van der Waals surface area contributed by atoms with Crippen LogP contribution in [0.25, 0.3) is 0 Å². The molecule has 2 aromatic rings. The van der Waals surface area contributed by atoms with Crippen LogP contribution in [0.2, 0.25) is 5.02 Å². The third-order valence-electron chi connectivity index (χ3n) is 6.76. The summed E-state index contributed by atoms with van der Waals surface area (Å²) >= 11 is 6.26. The van der Waals surface area contributed by atoms with Crippen molar-refractivity contribution in [1.29, 1.82) is 0 Å². The van der Waals surface area contributed by atoms with Gasteiger partial charge in [-0.1, -0.05) is 43.6 Å². The lowest BCUT2D eigenvalue weighted by molar-refractivity contribution is 0.0280. The third kappa shape index (κ3) is 3.65. The Balaban J connectivity index is 1.87. The van der Waals surface area contributed by atoms with Crippen molar-refractivity contribution in [2.45, 2.75) is 70.1 Å². The molecule has 2 amide bonds. The SMILES string of the molecule is CCC1(CC)C[C@@H](N(C(N)=O)c2cccc3c2C[C@H](O)CC3)c2ccc(Cl)cc2O1. The number of halogens is 1. The molecule has 2 atom stereocenters.